The predicted octanol–water partition coefficient (Wildman–Crippen LogP) is 2.10. The van der Waals surface area contributed by atoms with Crippen molar-refractivity contribution in [2.75, 3.05) is 5.32 Å². The monoisotopic (exact) mass is 292 g/mol. The van der Waals surface area contributed by atoms with Crippen LogP contribution in [0, 0.1) is 5.82 Å². The number of fused-ring (bicyclic) bond motifs is 1. The number of halogens is 1. The van der Waals surface area contributed by atoms with Crippen molar-refractivity contribution in [2.24, 2.45) is 0 Å². The Bertz CT molecular complexity index is 690. The van der Waals surface area contributed by atoms with Gasteiger partial charge in [0.05, 0.1) is 0 Å². The Labute approximate surface area is 119 Å². The lowest BCUT2D eigenvalue weighted by molar-refractivity contribution is -0.139. The van der Waals surface area contributed by atoms with E-state index in [1.807, 2.05) is 0 Å². The first-order chi connectivity index (χ1) is 9.99. The molecule has 0 aliphatic heterocycles. The highest BCUT2D eigenvalue weighted by Gasteiger charge is 2.20. The third-order valence-corrected chi connectivity index (χ3v) is 3.01. The Balaban J connectivity index is 2.30. The van der Waals surface area contributed by atoms with E-state index in [1.165, 1.54) is 24.4 Å². The molecule has 3 N–H and O–H groups in total. The highest BCUT2D eigenvalue weighted by atomic mass is 19.1. The molecule has 1 unspecified atom stereocenters. The maximum Gasteiger partial charge on any atom is 0.326 e. The summed E-state index contributed by atoms with van der Waals surface area (Å²) < 4.78 is 13.7. The number of benzene rings is 1. The molecule has 0 amide bonds. The van der Waals surface area contributed by atoms with E-state index < -0.39 is 23.8 Å². The fourth-order valence-corrected chi connectivity index (χ4v) is 1.97. The minimum atomic E-state index is -1.19. The summed E-state index contributed by atoms with van der Waals surface area (Å²) >= 11 is 0. The van der Waals surface area contributed by atoms with Crippen LogP contribution in [0.4, 0.5) is 10.2 Å². The maximum absolute atomic E-state index is 13.7. The summed E-state index contributed by atoms with van der Waals surface area (Å²) in [6.45, 7) is 0. The van der Waals surface area contributed by atoms with Crippen molar-refractivity contribution in [1.82, 2.24) is 4.98 Å². The van der Waals surface area contributed by atoms with Gasteiger partial charge in [-0.1, -0.05) is 12.1 Å². The van der Waals surface area contributed by atoms with Crippen molar-refractivity contribution < 1.29 is 24.2 Å². The standard InChI is InChI=1S/C14H13FN2O4/c15-10-3-1-2-9-8(10)6-7-16-13(9)17-11(14(20)21)4-5-12(18)19/h1-3,6-7,11H,4-5H2,(H,16,17)(H,18,19)(H,20,21). The van der Waals surface area contributed by atoms with Gasteiger partial charge in [-0.25, -0.2) is 14.2 Å². The van der Waals surface area contributed by atoms with Crippen molar-refractivity contribution in [2.45, 2.75) is 18.9 Å². The summed E-state index contributed by atoms with van der Waals surface area (Å²) in [5.41, 5.74) is 0. The molecule has 0 saturated carbocycles. The van der Waals surface area contributed by atoms with E-state index in [0.717, 1.165) is 0 Å². The maximum atomic E-state index is 13.7. The summed E-state index contributed by atoms with van der Waals surface area (Å²) in [5.74, 6) is -2.49. The van der Waals surface area contributed by atoms with Crippen molar-refractivity contribution in [3.8, 4) is 0 Å². The van der Waals surface area contributed by atoms with E-state index in [2.05, 4.69) is 10.3 Å². The Morgan fingerprint density at radius 3 is 2.67 bits per heavy atom. The molecule has 1 aromatic heterocycles. The second-order valence-corrected chi connectivity index (χ2v) is 4.46. The van der Waals surface area contributed by atoms with Crippen LogP contribution in [0.3, 0.4) is 0 Å². The van der Waals surface area contributed by atoms with E-state index in [0.29, 0.717) is 10.8 Å². The molecular weight excluding hydrogens is 279 g/mol. The fraction of sp³-hybridized carbons (Fsp3) is 0.214. The number of nitrogens with zero attached hydrogens (tertiary/aromatic N) is 1. The summed E-state index contributed by atoms with van der Waals surface area (Å²) in [6.07, 6.45) is 0.977. The molecule has 0 spiro atoms. The van der Waals surface area contributed by atoms with Gasteiger partial charge in [-0.3, -0.25) is 4.79 Å². The molecule has 0 saturated heterocycles. The number of carboxylic acid groups (broad SMARTS) is 2. The van der Waals surface area contributed by atoms with Crippen LogP contribution >= 0.6 is 0 Å². The molecule has 110 valence electrons. The summed E-state index contributed by atoms with van der Waals surface area (Å²) in [5, 5.41) is 21.2. The highest BCUT2D eigenvalue weighted by molar-refractivity contribution is 5.93. The third kappa shape index (κ3) is 3.44. The number of nitrogens with one attached hydrogen (secondary N) is 1. The number of hydrogen-bond donors (Lipinski definition) is 3. The van der Waals surface area contributed by atoms with Gasteiger partial charge in [0.1, 0.15) is 17.7 Å². The van der Waals surface area contributed by atoms with E-state index >= 15 is 0 Å². The summed E-state index contributed by atoms with van der Waals surface area (Å²) in [6, 6.07) is 4.79. The second kappa shape index (κ2) is 6.17. The van der Waals surface area contributed by atoms with Crippen LogP contribution in [0.25, 0.3) is 10.8 Å². The molecule has 6 nitrogen and oxygen atoms in total. The van der Waals surface area contributed by atoms with Crippen LogP contribution in [-0.2, 0) is 9.59 Å². The molecule has 0 fully saturated rings. The number of hydrogen-bond acceptors (Lipinski definition) is 4. The molecule has 21 heavy (non-hydrogen) atoms. The van der Waals surface area contributed by atoms with Gasteiger partial charge >= 0.3 is 11.9 Å². The van der Waals surface area contributed by atoms with Gasteiger partial charge in [0, 0.05) is 23.4 Å². The Hall–Kier alpha value is -2.70. The number of aromatic nitrogens is 1. The van der Waals surface area contributed by atoms with Gasteiger partial charge in [-0.05, 0) is 18.6 Å². The van der Waals surface area contributed by atoms with Gasteiger partial charge < -0.3 is 15.5 Å². The first kappa shape index (κ1) is 14.7. The highest BCUT2D eigenvalue weighted by Crippen LogP contribution is 2.24. The van der Waals surface area contributed by atoms with Crippen molar-refractivity contribution in [1.29, 1.82) is 0 Å². The molecule has 1 heterocycles. The van der Waals surface area contributed by atoms with Gasteiger partial charge in [0.25, 0.3) is 0 Å². The Kier molecular flexibility index (Phi) is 4.32. The molecular formula is C14H13FN2O4. The Morgan fingerprint density at radius 1 is 1.24 bits per heavy atom. The lowest BCUT2D eigenvalue weighted by atomic mass is 10.1. The molecule has 0 radical (unpaired) electrons. The van der Waals surface area contributed by atoms with Crippen LogP contribution in [0.1, 0.15) is 12.8 Å². The molecule has 7 heteroatoms. The number of carbonyl (C=O) groups is 2. The van der Waals surface area contributed by atoms with Crippen molar-refractivity contribution in [3.05, 3.63) is 36.3 Å². The average molecular weight is 292 g/mol. The zero-order valence-electron chi connectivity index (χ0n) is 10.9. The van der Waals surface area contributed by atoms with E-state index in [-0.39, 0.29) is 18.7 Å². The lowest BCUT2D eigenvalue weighted by Gasteiger charge is -2.15. The number of rotatable bonds is 6. The molecule has 1 aromatic carbocycles. The van der Waals surface area contributed by atoms with E-state index in [1.54, 1.807) is 6.07 Å². The average Bonchev–Trinajstić information content (AvgIpc) is 2.43. The minimum Gasteiger partial charge on any atom is -0.481 e. The minimum absolute atomic E-state index is 0.0992. The fourth-order valence-electron chi connectivity index (χ4n) is 1.97. The molecule has 0 aliphatic carbocycles. The smallest absolute Gasteiger partial charge is 0.326 e. The number of aliphatic carboxylic acids is 2. The quantitative estimate of drug-likeness (QED) is 0.754. The Morgan fingerprint density at radius 2 is 2.00 bits per heavy atom. The van der Waals surface area contributed by atoms with Gasteiger partial charge in [-0.15, -0.1) is 0 Å². The normalized spacial score (nSPS) is 12.0. The first-order valence-corrected chi connectivity index (χ1v) is 6.23. The van der Waals surface area contributed by atoms with Crippen molar-refractivity contribution in [3.63, 3.8) is 0 Å². The third-order valence-electron chi connectivity index (χ3n) is 3.01. The molecule has 0 aliphatic rings. The zero-order chi connectivity index (χ0) is 15.4. The summed E-state index contributed by atoms with van der Waals surface area (Å²) in [4.78, 5) is 25.7. The van der Waals surface area contributed by atoms with Crippen LogP contribution in [0.2, 0.25) is 0 Å². The number of anilines is 1. The number of pyridine rings is 1. The topological polar surface area (TPSA) is 99.5 Å². The van der Waals surface area contributed by atoms with Gasteiger partial charge in [0.15, 0.2) is 0 Å². The van der Waals surface area contributed by atoms with Crippen LogP contribution in [0.15, 0.2) is 30.5 Å². The van der Waals surface area contributed by atoms with Crippen LogP contribution in [0.5, 0.6) is 0 Å². The zero-order valence-corrected chi connectivity index (χ0v) is 10.9. The molecule has 0 bridgehead atoms. The van der Waals surface area contributed by atoms with Crippen LogP contribution < -0.4 is 5.32 Å². The number of carboxylic acids is 2. The van der Waals surface area contributed by atoms with Gasteiger partial charge in [0.2, 0.25) is 0 Å². The van der Waals surface area contributed by atoms with Gasteiger partial charge in [-0.2, -0.15) is 0 Å². The first-order valence-electron chi connectivity index (χ1n) is 6.23. The predicted molar refractivity (Wildman–Crippen MR) is 73.6 cm³/mol. The molecule has 1 atom stereocenters. The SMILES string of the molecule is O=C(O)CCC(Nc1nccc2c(F)cccc12)C(=O)O. The lowest BCUT2D eigenvalue weighted by Crippen LogP contribution is -2.30. The second-order valence-electron chi connectivity index (χ2n) is 4.46. The largest absolute Gasteiger partial charge is 0.481 e. The summed E-state index contributed by atoms with van der Waals surface area (Å²) in [7, 11) is 0. The molecule has 2 rings (SSSR count). The van der Waals surface area contributed by atoms with Crippen molar-refractivity contribution >= 4 is 28.5 Å². The van der Waals surface area contributed by atoms with Crippen LogP contribution in [-0.4, -0.2) is 33.2 Å². The van der Waals surface area contributed by atoms with E-state index in [9.17, 15) is 14.0 Å². The van der Waals surface area contributed by atoms with E-state index in [4.69, 9.17) is 10.2 Å². The molecule has 2 aromatic rings.